The van der Waals surface area contributed by atoms with E-state index < -0.39 is 17.7 Å². The van der Waals surface area contributed by atoms with E-state index in [0.717, 1.165) is 16.0 Å². The van der Waals surface area contributed by atoms with Crippen LogP contribution in [-0.4, -0.2) is 21.7 Å². The molecule has 1 aliphatic rings. The first kappa shape index (κ1) is 17.4. The lowest BCUT2D eigenvalue weighted by molar-refractivity contribution is -0.130. The number of nitrogens with zero attached hydrogens (tertiary/aromatic N) is 1. The molecule has 0 radical (unpaired) electrons. The highest BCUT2D eigenvalue weighted by atomic mass is 32.1. The summed E-state index contributed by atoms with van der Waals surface area (Å²) >= 11 is 1.55. The van der Waals surface area contributed by atoms with Crippen molar-refractivity contribution in [3.05, 3.63) is 69.1 Å². The first-order valence-corrected chi connectivity index (χ1v) is 9.15. The predicted octanol–water partition coefficient (Wildman–Crippen LogP) is 4.18. The Morgan fingerprint density at radius 2 is 2.04 bits per heavy atom. The number of amides is 1. The smallest absolute Gasteiger partial charge is 0.290 e. The third-order valence-electron chi connectivity index (χ3n) is 4.36. The van der Waals surface area contributed by atoms with Crippen molar-refractivity contribution in [1.82, 2.24) is 4.90 Å². The number of thiophene rings is 1. The van der Waals surface area contributed by atoms with Crippen LogP contribution in [0.25, 0.3) is 0 Å². The van der Waals surface area contributed by atoms with Gasteiger partial charge < -0.3 is 10.0 Å². The molecule has 0 saturated heterocycles. The van der Waals surface area contributed by atoms with Crippen LogP contribution in [0.2, 0.25) is 0 Å². The molecule has 0 saturated carbocycles. The third kappa shape index (κ3) is 3.24. The monoisotopic (exact) mass is 355 g/mol. The molecule has 1 unspecified atom stereocenters. The van der Waals surface area contributed by atoms with Gasteiger partial charge in [0.1, 0.15) is 0 Å². The Kier molecular flexibility index (Phi) is 4.77. The van der Waals surface area contributed by atoms with E-state index in [9.17, 15) is 14.7 Å². The molecular formula is C20H21NO3S. The number of aryl methyl sites for hydroxylation is 1. The fourth-order valence-electron chi connectivity index (χ4n) is 3.14. The first-order valence-electron chi connectivity index (χ1n) is 8.27. The van der Waals surface area contributed by atoms with E-state index in [2.05, 4.69) is 0 Å². The maximum absolute atomic E-state index is 12.7. The highest BCUT2D eigenvalue weighted by Crippen LogP contribution is 2.40. The summed E-state index contributed by atoms with van der Waals surface area (Å²) in [5.41, 5.74) is 2.10. The van der Waals surface area contributed by atoms with Gasteiger partial charge in [-0.2, -0.15) is 0 Å². The van der Waals surface area contributed by atoms with Gasteiger partial charge >= 0.3 is 0 Å². The van der Waals surface area contributed by atoms with E-state index in [1.54, 1.807) is 30.1 Å². The molecule has 2 aromatic rings. The summed E-state index contributed by atoms with van der Waals surface area (Å²) in [7, 11) is 0. The highest BCUT2D eigenvalue weighted by Gasteiger charge is 2.43. The van der Waals surface area contributed by atoms with E-state index in [-0.39, 0.29) is 17.3 Å². The van der Waals surface area contributed by atoms with Crippen LogP contribution in [0.4, 0.5) is 0 Å². The lowest BCUT2D eigenvalue weighted by Crippen LogP contribution is -2.30. The minimum Gasteiger partial charge on any atom is -0.503 e. The minimum atomic E-state index is -0.551. The molecule has 4 nitrogen and oxygen atoms in total. The number of ketones is 1. The second-order valence-electron chi connectivity index (χ2n) is 6.61. The number of aliphatic hydroxyl groups excluding tert-OH is 1. The summed E-state index contributed by atoms with van der Waals surface area (Å²) in [5.74, 6) is -1.38. The number of benzene rings is 1. The summed E-state index contributed by atoms with van der Waals surface area (Å²) in [5, 5.41) is 12.4. The molecular weight excluding hydrogens is 334 g/mol. The molecule has 1 aliphatic heterocycles. The van der Waals surface area contributed by atoms with Crippen molar-refractivity contribution in [3.63, 3.8) is 0 Å². The summed E-state index contributed by atoms with van der Waals surface area (Å²) in [6, 6.07) is 11.1. The van der Waals surface area contributed by atoms with Crippen molar-refractivity contribution in [1.29, 1.82) is 0 Å². The van der Waals surface area contributed by atoms with Gasteiger partial charge in [0.05, 0.1) is 18.2 Å². The maximum Gasteiger partial charge on any atom is 0.290 e. The number of carbonyl (C=O) groups is 2. The molecule has 1 aromatic carbocycles. The number of aliphatic hydroxyl groups is 1. The summed E-state index contributed by atoms with van der Waals surface area (Å²) < 4.78 is 0. The van der Waals surface area contributed by atoms with Crippen LogP contribution in [0.1, 0.15) is 35.9 Å². The second kappa shape index (κ2) is 6.84. The van der Waals surface area contributed by atoms with Gasteiger partial charge in [0.15, 0.2) is 11.5 Å². The van der Waals surface area contributed by atoms with Crippen molar-refractivity contribution < 1.29 is 14.7 Å². The van der Waals surface area contributed by atoms with Crippen LogP contribution in [0, 0.1) is 12.8 Å². The fourth-order valence-corrected chi connectivity index (χ4v) is 3.84. The quantitative estimate of drug-likeness (QED) is 0.875. The van der Waals surface area contributed by atoms with Gasteiger partial charge in [-0.25, -0.2) is 0 Å². The molecule has 25 heavy (non-hydrogen) atoms. The topological polar surface area (TPSA) is 57.6 Å². The molecule has 0 bridgehead atoms. The molecule has 3 rings (SSSR count). The summed E-state index contributed by atoms with van der Waals surface area (Å²) in [6.45, 7) is 5.90. The van der Waals surface area contributed by atoms with E-state index >= 15 is 0 Å². The van der Waals surface area contributed by atoms with Crippen molar-refractivity contribution in [2.45, 2.75) is 33.4 Å². The molecule has 0 spiro atoms. The number of hydrogen-bond donors (Lipinski definition) is 1. The second-order valence-corrected chi connectivity index (χ2v) is 7.64. The normalized spacial score (nSPS) is 17.7. The van der Waals surface area contributed by atoms with Crippen molar-refractivity contribution in [2.24, 2.45) is 5.92 Å². The lowest BCUT2D eigenvalue weighted by Gasteiger charge is -2.27. The minimum absolute atomic E-state index is 0.189. The van der Waals surface area contributed by atoms with Crippen LogP contribution in [0.15, 0.2) is 53.1 Å². The number of rotatable bonds is 5. The molecule has 1 aromatic heterocycles. The standard InChI is InChI=1S/C20H21NO3S/c1-12(2)18(22)16-17(14-7-4-6-13(3)10-14)21(20(24)19(16)23)11-15-8-5-9-25-15/h4-10,12,17,23H,11H2,1-3H3. The van der Waals surface area contributed by atoms with E-state index in [4.69, 9.17) is 0 Å². The zero-order valence-electron chi connectivity index (χ0n) is 14.5. The number of hydrogen-bond acceptors (Lipinski definition) is 4. The van der Waals surface area contributed by atoms with Crippen molar-refractivity contribution in [3.8, 4) is 0 Å². The summed E-state index contributed by atoms with van der Waals surface area (Å²) in [4.78, 5) is 28.0. The average Bonchev–Trinajstić information content (AvgIpc) is 3.16. The Bertz CT molecular complexity index is 836. The maximum atomic E-state index is 12.7. The Morgan fingerprint density at radius 3 is 2.64 bits per heavy atom. The van der Waals surface area contributed by atoms with Gasteiger partial charge in [-0.1, -0.05) is 49.7 Å². The number of Topliss-reactive ketones (excluding diaryl/α,β-unsaturated/α-hetero) is 1. The Hall–Kier alpha value is -2.40. The Balaban J connectivity index is 2.09. The van der Waals surface area contributed by atoms with E-state index in [1.807, 2.05) is 48.7 Å². The van der Waals surface area contributed by atoms with Crippen molar-refractivity contribution in [2.75, 3.05) is 0 Å². The SMILES string of the molecule is Cc1cccc(C2C(C(=O)C(C)C)=C(O)C(=O)N2Cc2cccs2)c1. The van der Waals surface area contributed by atoms with E-state index in [1.165, 1.54) is 0 Å². The van der Waals surface area contributed by atoms with Gasteiger partial charge in [-0.3, -0.25) is 9.59 Å². The fraction of sp³-hybridized carbons (Fsp3) is 0.300. The van der Waals surface area contributed by atoms with Gasteiger partial charge in [0.25, 0.3) is 5.91 Å². The molecule has 2 heterocycles. The molecule has 0 fully saturated rings. The average molecular weight is 355 g/mol. The van der Waals surface area contributed by atoms with Crippen LogP contribution in [0.3, 0.4) is 0 Å². The highest BCUT2D eigenvalue weighted by molar-refractivity contribution is 7.09. The Labute approximate surface area is 151 Å². The van der Waals surface area contributed by atoms with Gasteiger partial charge in [0.2, 0.25) is 0 Å². The summed E-state index contributed by atoms with van der Waals surface area (Å²) in [6.07, 6.45) is 0. The molecule has 5 heteroatoms. The zero-order valence-corrected chi connectivity index (χ0v) is 15.3. The van der Waals surface area contributed by atoms with E-state index in [0.29, 0.717) is 6.54 Å². The van der Waals surface area contributed by atoms with Crippen LogP contribution in [-0.2, 0) is 16.1 Å². The first-order chi connectivity index (χ1) is 11.9. The van der Waals surface area contributed by atoms with Gasteiger partial charge in [-0.15, -0.1) is 11.3 Å². The lowest BCUT2D eigenvalue weighted by atomic mass is 9.90. The molecule has 1 N–H and O–H groups in total. The van der Waals surface area contributed by atoms with Gasteiger partial charge in [-0.05, 0) is 23.9 Å². The van der Waals surface area contributed by atoms with Crippen LogP contribution < -0.4 is 0 Å². The third-order valence-corrected chi connectivity index (χ3v) is 5.22. The Morgan fingerprint density at radius 1 is 1.28 bits per heavy atom. The largest absolute Gasteiger partial charge is 0.503 e. The number of carbonyl (C=O) groups excluding carboxylic acids is 2. The van der Waals surface area contributed by atoms with Crippen LogP contribution >= 0.6 is 11.3 Å². The zero-order chi connectivity index (χ0) is 18.1. The molecule has 130 valence electrons. The van der Waals surface area contributed by atoms with Crippen molar-refractivity contribution >= 4 is 23.0 Å². The molecule has 1 amide bonds. The van der Waals surface area contributed by atoms with Gasteiger partial charge in [0, 0.05) is 10.8 Å². The molecule has 0 aliphatic carbocycles. The predicted molar refractivity (Wildman–Crippen MR) is 98.3 cm³/mol. The van der Waals surface area contributed by atoms with Crippen LogP contribution in [0.5, 0.6) is 0 Å². The molecule has 1 atom stereocenters.